The highest BCUT2D eigenvalue weighted by atomic mass is 79.9. The largest absolute Gasteiger partial charge is 0.494 e. The number of hydrogen-bond donors (Lipinski definition) is 1. The molecule has 1 aliphatic rings. The predicted molar refractivity (Wildman–Crippen MR) is 135 cm³/mol. The third-order valence-electron chi connectivity index (χ3n) is 5.01. The average Bonchev–Trinajstić information content (AvgIpc) is 2.85. The second kappa shape index (κ2) is 10.3. The van der Waals surface area contributed by atoms with Crippen LogP contribution >= 0.6 is 15.9 Å². The summed E-state index contributed by atoms with van der Waals surface area (Å²) in [6.07, 6.45) is 1.30. The molecule has 11 heteroatoms. The highest BCUT2D eigenvalue weighted by molar-refractivity contribution is 9.10. The fourth-order valence-electron chi connectivity index (χ4n) is 3.34. The molecule has 0 atom stereocenters. The van der Waals surface area contributed by atoms with Crippen LogP contribution in [0.5, 0.6) is 11.5 Å². The van der Waals surface area contributed by atoms with E-state index in [2.05, 4.69) is 21.2 Å². The number of amides is 4. The molecule has 0 saturated carbocycles. The van der Waals surface area contributed by atoms with Crippen molar-refractivity contribution in [3.63, 3.8) is 0 Å². The minimum atomic E-state index is -4.06. The summed E-state index contributed by atoms with van der Waals surface area (Å²) < 4.78 is 35.9. The van der Waals surface area contributed by atoms with Crippen LogP contribution in [0, 0.1) is 0 Å². The van der Waals surface area contributed by atoms with E-state index < -0.39 is 28.0 Å². The van der Waals surface area contributed by atoms with Gasteiger partial charge in [-0.2, -0.15) is 8.42 Å². The highest BCUT2D eigenvalue weighted by Crippen LogP contribution is 2.30. The molecular weight excluding hydrogens is 552 g/mol. The first-order chi connectivity index (χ1) is 17.2. The summed E-state index contributed by atoms with van der Waals surface area (Å²) in [5, 5.41) is 2.16. The fourth-order valence-corrected chi connectivity index (χ4v) is 4.90. The van der Waals surface area contributed by atoms with Crippen LogP contribution in [-0.2, 0) is 19.7 Å². The third kappa shape index (κ3) is 5.31. The standard InChI is InChI=1S/C25H19BrN2O7S/c1-2-34-18-11-9-17(10-12-18)28-24(30)20(23(29)27-25(28)31)14-16-8-13-22(21(26)15-16)35-36(32,33)19-6-4-3-5-7-19/h3-15H,2H2,1H3,(H,27,29,31)/b20-14+. The van der Waals surface area contributed by atoms with E-state index in [1.165, 1.54) is 48.5 Å². The first-order valence-corrected chi connectivity index (χ1v) is 12.8. The topological polar surface area (TPSA) is 119 Å². The first kappa shape index (κ1) is 25.1. The highest BCUT2D eigenvalue weighted by Gasteiger charge is 2.36. The van der Waals surface area contributed by atoms with E-state index in [0.29, 0.717) is 17.9 Å². The number of nitrogens with one attached hydrogen (secondary N) is 1. The molecule has 1 aliphatic heterocycles. The molecule has 0 radical (unpaired) electrons. The molecule has 1 saturated heterocycles. The maximum Gasteiger partial charge on any atom is 0.339 e. The van der Waals surface area contributed by atoms with Gasteiger partial charge in [-0.05, 0) is 83.0 Å². The van der Waals surface area contributed by atoms with Crippen LogP contribution < -0.4 is 19.1 Å². The van der Waals surface area contributed by atoms with Crippen LogP contribution in [0.4, 0.5) is 10.5 Å². The molecule has 0 bridgehead atoms. The number of carbonyl (C=O) groups excluding carboxylic acids is 3. The van der Waals surface area contributed by atoms with Crippen molar-refractivity contribution in [2.45, 2.75) is 11.8 Å². The number of anilines is 1. The van der Waals surface area contributed by atoms with Crippen molar-refractivity contribution in [2.24, 2.45) is 0 Å². The first-order valence-electron chi connectivity index (χ1n) is 10.6. The number of urea groups is 1. The number of rotatable bonds is 7. The van der Waals surface area contributed by atoms with Crippen molar-refractivity contribution in [1.82, 2.24) is 5.32 Å². The second-order valence-electron chi connectivity index (χ2n) is 7.43. The Morgan fingerprint density at radius 1 is 0.972 bits per heavy atom. The van der Waals surface area contributed by atoms with Gasteiger partial charge in [-0.15, -0.1) is 0 Å². The van der Waals surface area contributed by atoms with Gasteiger partial charge >= 0.3 is 16.1 Å². The summed E-state index contributed by atoms with van der Waals surface area (Å²) in [5.41, 5.74) is 0.377. The number of benzene rings is 3. The zero-order valence-corrected chi connectivity index (χ0v) is 21.2. The lowest BCUT2D eigenvalue weighted by molar-refractivity contribution is -0.122. The van der Waals surface area contributed by atoms with E-state index in [4.69, 9.17) is 8.92 Å². The zero-order valence-electron chi connectivity index (χ0n) is 18.8. The van der Waals surface area contributed by atoms with Crippen molar-refractivity contribution in [3.05, 3.63) is 88.4 Å². The Hall–Kier alpha value is -3.96. The minimum Gasteiger partial charge on any atom is -0.494 e. The predicted octanol–water partition coefficient (Wildman–Crippen LogP) is 4.28. The monoisotopic (exact) mass is 570 g/mol. The molecule has 1 heterocycles. The number of hydrogen-bond acceptors (Lipinski definition) is 7. The lowest BCUT2D eigenvalue weighted by Gasteiger charge is -2.26. The molecule has 1 fully saturated rings. The van der Waals surface area contributed by atoms with Crippen LogP contribution in [-0.4, -0.2) is 32.9 Å². The van der Waals surface area contributed by atoms with Crippen LogP contribution in [0.1, 0.15) is 12.5 Å². The van der Waals surface area contributed by atoms with Crippen molar-refractivity contribution in [1.29, 1.82) is 0 Å². The van der Waals surface area contributed by atoms with E-state index in [1.54, 1.807) is 30.3 Å². The van der Waals surface area contributed by atoms with Gasteiger partial charge in [0.15, 0.2) is 5.75 Å². The van der Waals surface area contributed by atoms with Crippen LogP contribution in [0.3, 0.4) is 0 Å². The van der Waals surface area contributed by atoms with Gasteiger partial charge in [-0.3, -0.25) is 14.9 Å². The molecule has 4 rings (SSSR count). The molecule has 3 aromatic carbocycles. The number of barbiturate groups is 1. The molecule has 184 valence electrons. The Labute approximate surface area is 215 Å². The van der Waals surface area contributed by atoms with Crippen molar-refractivity contribution in [2.75, 3.05) is 11.5 Å². The smallest absolute Gasteiger partial charge is 0.339 e. The summed E-state index contributed by atoms with van der Waals surface area (Å²) in [7, 11) is -4.06. The number of imide groups is 2. The molecule has 0 aliphatic carbocycles. The van der Waals surface area contributed by atoms with Gasteiger partial charge in [-0.1, -0.05) is 24.3 Å². The number of carbonyl (C=O) groups is 3. The number of ether oxygens (including phenoxy) is 1. The second-order valence-corrected chi connectivity index (χ2v) is 9.83. The summed E-state index contributed by atoms with van der Waals surface area (Å²) in [4.78, 5) is 38.8. The molecule has 1 N–H and O–H groups in total. The third-order valence-corrected chi connectivity index (χ3v) is 6.87. The van der Waals surface area contributed by atoms with Gasteiger partial charge in [0.05, 0.1) is 16.8 Å². The number of nitrogens with zero attached hydrogens (tertiary/aromatic N) is 1. The maximum atomic E-state index is 13.1. The average molecular weight is 571 g/mol. The SMILES string of the molecule is CCOc1ccc(N2C(=O)NC(=O)/C(=C\c3ccc(OS(=O)(=O)c4ccccc4)c(Br)c3)C2=O)cc1. The lowest BCUT2D eigenvalue weighted by atomic mass is 10.1. The van der Waals surface area contributed by atoms with Gasteiger partial charge in [-0.25, -0.2) is 9.69 Å². The van der Waals surface area contributed by atoms with Crippen LogP contribution in [0.15, 0.2) is 87.7 Å². The van der Waals surface area contributed by atoms with Crippen LogP contribution in [0.2, 0.25) is 0 Å². The fraction of sp³-hybridized carbons (Fsp3) is 0.0800. The van der Waals surface area contributed by atoms with Crippen molar-refractivity contribution < 1.29 is 31.7 Å². The van der Waals surface area contributed by atoms with Gasteiger partial charge < -0.3 is 8.92 Å². The molecule has 4 amide bonds. The van der Waals surface area contributed by atoms with Crippen molar-refractivity contribution >= 4 is 55.7 Å². The maximum absolute atomic E-state index is 13.1. The van der Waals surface area contributed by atoms with E-state index in [9.17, 15) is 22.8 Å². The van der Waals surface area contributed by atoms with E-state index in [1.807, 2.05) is 6.92 Å². The van der Waals surface area contributed by atoms with E-state index >= 15 is 0 Å². The normalized spacial score (nSPS) is 15.1. The minimum absolute atomic E-state index is 0.00776. The Bertz CT molecular complexity index is 1470. The summed E-state index contributed by atoms with van der Waals surface area (Å²) >= 11 is 3.26. The molecule has 0 aromatic heterocycles. The van der Waals surface area contributed by atoms with Gasteiger partial charge in [0.1, 0.15) is 16.2 Å². The van der Waals surface area contributed by atoms with Crippen LogP contribution in [0.25, 0.3) is 6.08 Å². The molecule has 36 heavy (non-hydrogen) atoms. The lowest BCUT2D eigenvalue weighted by Crippen LogP contribution is -2.54. The van der Waals surface area contributed by atoms with E-state index in [0.717, 1.165) is 4.90 Å². The summed E-state index contributed by atoms with van der Waals surface area (Å²) in [6, 6.07) is 17.4. The molecule has 9 nitrogen and oxygen atoms in total. The molecule has 0 unspecified atom stereocenters. The summed E-state index contributed by atoms with van der Waals surface area (Å²) in [5.74, 6) is -1.07. The Balaban J connectivity index is 1.60. The number of halogens is 1. The molecule has 0 spiro atoms. The molecule has 3 aromatic rings. The quantitative estimate of drug-likeness (QED) is 0.256. The molecular formula is C25H19BrN2O7S. The zero-order chi connectivity index (χ0) is 25.9. The Morgan fingerprint density at radius 2 is 1.67 bits per heavy atom. The van der Waals surface area contributed by atoms with Crippen molar-refractivity contribution in [3.8, 4) is 11.5 Å². The summed E-state index contributed by atoms with van der Waals surface area (Å²) in [6.45, 7) is 2.29. The Kier molecular flexibility index (Phi) is 7.22. The van der Waals surface area contributed by atoms with E-state index in [-0.39, 0.29) is 26.4 Å². The van der Waals surface area contributed by atoms with Gasteiger partial charge in [0.25, 0.3) is 11.8 Å². The Morgan fingerprint density at radius 3 is 2.31 bits per heavy atom. The van der Waals surface area contributed by atoms with Gasteiger partial charge in [0, 0.05) is 0 Å². The van der Waals surface area contributed by atoms with Gasteiger partial charge in [0.2, 0.25) is 0 Å².